The number of carbonyl (C=O) groups excluding carboxylic acids is 2. The van der Waals surface area contributed by atoms with Crippen LogP contribution in [0.15, 0.2) is 34.0 Å². The topological polar surface area (TPSA) is 225 Å². The summed E-state index contributed by atoms with van der Waals surface area (Å²) >= 11 is 6.69. The molecule has 0 unspecified atom stereocenters. The van der Waals surface area contributed by atoms with E-state index >= 15 is 0 Å². The third-order valence-corrected chi connectivity index (χ3v) is 8.24. The van der Waals surface area contributed by atoms with Gasteiger partial charge in [0, 0.05) is 44.9 Å². The molecule has 318 valence electrons. The summed E-state index contributed by atoms with van der Waals surface area (Å²) in [5.41, 5.74) is 5.98. The van der Waals surface area contributed by atoms with Crippen molar-refractivity contribution in [1.29, 1.82) is 0 Å². The van der Waals surface area contributed by atoms with Crippen molar-refractivity contribution in [2.75, 3.05) is 88.9 Å². The first kappa shape index (κ1) is 50.3. The lowest BCUT2D eigenvalue weighted by atomic mass is 10.2. The van der Waals surface area contributed by atoms with E-state index in [0.717, 1.165) is 61.9 Å². The quantitative estimate of drug-likeness (QED) is 0.0226. The second-order valence-corrected chi connectivity index (χ2v) is 12.9. The molecule has 0 radical (unpaired) electrons. The van der Waals surface area contributed by atoms with Crippen molar-refractivity contribution in [1.82, 2.24) is 20.6 Å². The van der Waals surface area contributed by atoms with Crippen LogP contribution >= 0.6 is 23.4 Å². The van der Waals surface area contributed by atoms with Crippen molar-refractivity contribution in [2.45, 2.75) is 62.7 Å². The molecule has 0 bridgehead atoms. The van der Waals surface area contributed by atoms with Crippen LogP contribution in [-0.2, 0) is 44.6 Å². The molecule has 1 aromatic heterocycles. The maximum Gasteiger partial charge on any atom is 0.490 e. The van der Waals surface area contributed by atoms with Gasteiger partial charge >= 0.3 is 12.1 Å². The number of rotatable bonds is 29. The number of amides is 2. The zero-order chi connectivity index (χ0) is 41.6. The number of halogens is 5. The molecule has 1 aromatic carbocycles. The second-order valence-electron chi connectivity index (χ2n) is 11.5. The molecule has 0 saturated carbocycles. The molecule has 1 heterocycles. The summed E-state index contributed by atoms with van der Waals surface area (Å²) in [6.45, 7) is 5.64. The number of aromatic amines is 1. The van der Waals surface area contributed by atoms with Gasteiger partial charge in [0.05, 0.1) is 39.6 Å². The first-order valence-corrected chi connectivity index (χ1v) is 19.1. The number of carbonyl (C=O) groups is 3. The van der Waals surface area contributed by atoms with E-state index in [1.54, 1.807) is 12.1 Å². The Morgan fingerprint density at radius 2 is 1.48 bits per heavy atom. The van der Waals surface area contributed by atoms with Crippen LogP contribution in [-0.4, -0.2) is 123 Å². The number of carboxylic acids is 1. The Labute approximate surface area is 331 Å². The summed E-state index contributed by atoms with van der Waals surface area (Å²) in [5.74, 6) is -3.11. The van der Waals surface area contributed by atoms with Gasteiger partial charge in [0.25, 0.3) is 5.56 Å². The van der Waals surface area contributed by atoms with E-state index in [4.69, 9.17) is 50.9 Å². The summed E-state index contributed by atoms with van der Waals surface area (Å²) < 4.78 is 72.3. The van der Waals surface area contributed by atoms with Crippen LogP contribution in [0.1, 0.15) is 44.6 Å². The maximum atomic E-state index is 13.2. The van der Waals surface area contributed by atoms with Gasteiger partial charge in [0.2, 0.25) is 17.8 Å². The van der Waals surface area contributed by atoms with E-state index in [1.165, 1.54) is 19.1 Å². The van der Waals surface area contributed by atoms with Gasteiger partial charge in [-0.1, -0.05) is 25.0 Å². The molecule has 0 saturated heterocycles. The summed E-state index contributed by atoms with van der Waals surface area (Å²) in [6.07, 6.45) is 0.137. The Hall–Kier alpha value is -3.73. The first-order valence-electron chi connectivity index (χ1n) is 17.5. The minimum Gasteiger partial charge on any atom is -0.475 e. The number of carboxylic acid groups (broad SMARTS) is 1. The number of unbranched alkanes of at least 4 members (excludes halogenated alkanes) is 3. The van der Waals surface area contributed by atoms with Crippen LogP contribution in [0.25, 0.3) is 0 Å². The highest BCUT2D eigenvalue weighted by atomic mass is 35.5. The summed E-state index contributed by atoms with van der Waals surface area (Å²) in [5, 5.41) is 15.5. The van der Waals surface area contributed by atoms with Crippen molar-refractivity contribution in [3.63, 3.8) is 0 Å². The molecule has 16 nitrogen and oxygen atoms in total. The highest BCUT2D eigenvalue weighted by molar-refractivity contribution is 7.99. The largest absolute Gasteiger partial charge is 0.490 e. The molecule has 0 aliphatic rings. The predicted molar refractivity (Wildman–Crippen MR) is 201 cm³/mol. The molecule has 56 heavy (non-hydrogen) atoms. The second kappa shape index (κ2) is 30.4. The fourth-order valence-electron chi connectivity index (χ4n) is 4.12. The number of thioether (sulfide) groups is 1. The van der Waals surface area contributed by atoms with E-state index in [9.17, 15) is 31.9 Å². The number of aliphatic carboxylic acids is 1. The first-order chi connectivity index (χ1) is 26.7. The normalized spacial score (nSPS) is 11.7. The molecule has 0 fully saturated rings. The van der Waals surface area contributed by atoms with Gasteiger partial charge in [-0.2, -0.15) is 18.2 Å². The van der Waals surface area contributed by atoms with Crippen molar-refractivity contribution in [2.24, 2.45) is 0 Å². The van der Waals surface area contributed by atoms with Crippen molar-refractivity contribution in [3.05, 3.63) is 46.0 Å². The molecule has 7 N–H and O–H groups in total. The average Bonchev–Trinajstić information content (AvgIpc) is 3.13. The van der Waals surface area contributed by atoms with Crippen LogP contribution in [0.4, 0.5) is 29.3 Å². The minimum atomic E-state index is -5.08. The molecule has 2 aromatic rings. The molecule has 22 heteroatoms. The number of hydrogen-bond donors (Lipinski definition) is 6. The third-order valence-electron chi connectivity index (χ3n) is 6.81. The average molecular weight is 847 g/mol. The Bertz CT molecular complexity index is 1460. The van der Waals surface area contributed by atoms with Crippen LogP contribution < -0.4 is 27.2 Å². The van der Waals surface area contributed by atoms with E-state index in [-0.39, 0.29) is 54.7 Å². The Balaban J connectivity index is 0.00000203. The standard InChI is InChI=1S/C32H50ClFN6O8S.C2HF3O2/c1-24(41)38-27(22-49-28-29(39-32(35)40-31(28)43)37-21-25-7-9-26(34)10-8-25)30(42)36-12-16-45-17-18-46-19-20-48-23-47-15-6-14-44-13-5-3-2-4-11-33;3-2(4,5)1(6)7/h7-10,27H,2-6,11-23H2,1H3,(H,36,42)(H,38,41)(H4,35,37,39,40,43);(H,6,7)/t27-;/m0./s1. The Morgan fingerprint density at radius 3 is 2.12 bits per heavy atom. The van der Waals surface area contributed by atoms with Gasteiger partial charge in [-0.25, -0.2) is 9.18 Å². The number of H-pyrrole nitrogens is 1. The monoisotopic (exact) mass is 846 g/mol. The number of ether oxygens (including phenoxy) is 5. The highest BCUT2D eigenvalue weighted by Crippen LogP contribution is 2.23. The SMILES string of the molecule is CC(=O)N[C@@H](CSc1c(NCc2ccc(F)cc2)nc(N)[nH]c1=O)C(=O)NCCOCCOCCOCOCCCOCCCCCCCl.O=C(O)C(F)(F)F. The smallest absolute Gasteiger partial charge is 0.475 e. The predicted octanol–water partition coefficient (Wildman–Crippen LogP) is 3.68. The number of nitrogens with two attached hydrogens (primary N) is 1. The third kappa shape index (κ3) is 25.4. The van der Waals surface area contributed by atoms with Gasteiger partial charge in [-0.05, 0) is 37.0 Å². The lowest BCUT2D eigenvalue weighted by Gasteiger charge is -2.18. The zero-order valence-electron chi connectivity index (χ0n) is 31.1. The summed E-state index contributed by atoms with van der Waals surface area (Å²) in [4.78, 5) is 53.0. The fourth-order valence-corrected chi connectivity index (χ4v) is 5.31. The van der Waals surface area contributed by atoms with E-state index in [1.807, 2.05) is 0 Å². The summed E-state index contributed by atoms with van der Waals surface area (Å²) in [7, 11) is 0. The van der Waals surface area contributed by atoms with Crippen molar-refractivity contribution >= 4 is 52.9 Å². The molecule has 2 rings (SSSR count). The number of anilines is 2. The van der Waals surface area contributed by atoms with Gasteiger partial charge < -0.3 is 50.5 Å². The lowest BCUT2D eigenvalue weighted by Crippen LogP contribution is -2.48. The lowest BCUT2D eigenvalue weighted by molar-refractivity contribution is -0.192. The number of aromatic nitrogens is 2. The Morgan fingerprint density at radius 1 is 0.911 bits per heavy atom. The molecule has 2 amide bonds. The molecular weight excluding hydrogens is 796 g/mol. The van der Waals surface area contributed by atoms with Crippen LogP contribution in [0.5, 0.6) is 0 Å². The van der Waals surface area contributed by atoms with Gasteiger partial charge in [-0.3, -0.25) is 19.4 Å². The summed E-state index contributed by atoms with van der Waals surface area (Å²) in [6, 6.07) is 4.91. The molecule has 0 spiro atoms. The van der Waals surface area contributed by atoms with Crippen LogP contribution in [0.2, 0.25) is 0 Å². The van der Waals surface area contributed by atoms with Gasteiger partial charge in [0.1, 0.15) is 29.4 Å². The molecule has 0 aliphatic carbocycles. The van der Waals surface area contributed by atoms with Gasteiger partial charge in [0.15, 0.2) is 0 Å². The fraction of sp³-hybridized carbons (Fsp3) is 0.618. The number of benzene rings is 1. The Kier molecular flexibility index (Phi) is 27.3. The maximum absolute atomic E-state index is 13.2. The van der Waals surface area contributed by atoms with Crippen molar-refractivity contribution < 1.29 is 60.7 Å². The number of alkyl halides is 4. The van der Waals surface area contributed by atoms with Crippen LogP contribution in [0, 0.1) is 5.82 Å². The van der Waals surface area contributed by atoms with Gasteiger partial charge in [-0.15, -0.1) is 23.4 Å². The highest BCUT2D eigenvalue weighted by Gasteiger charge is 2.38. The molecular formula is C34H51ClF4N6O10S. The number of nitrogens with one attached hydrogen (secondary N) is 4. The van der Waals surface area contributed by atoms with Crippen molar-refractivity contribution in [3.8, 4) is 0 Å². The zero-order valence-corrected chi connectivity index (χ0v) is 32.6. The van der Waals surface area contributed by atoms with E-state index in [0.29, 0.717) is 39.6 Å². The number of nitrogen functional groups attached to an aromatic ring is 1. The minimum absolute atomic E-state index is 0.0393. The molecule has 1 atom stereocenters. The number of hydrogen-bond acceptors (Lipinski definition) is 13. The van der Waals surface area contributed by atoms with E-state index < -0.39 is 35.6 Å². The number of nitrogens with zero attached hydrogens (tertiary/aromatic N) is 1. The van der Waals surface area contributed by atoms with E-state index in [2.05, 4.69) is 25.9 Å². The van der Waals surface area contributed by atoms with Crippen LogP contribution in [0.3, 0.4) is 0 Å². The molecule has 0 aliphatic heterocycles.